The van der Waals surface area contributed by atoms with Crippen molar-refractivity contribution >= 4 is 15.9 Å². The van der Waals surface area contributed by atoms with Crippen LogP contribution >= 0.6 is 15.9 Å². The zero-order valence-electron chi connectivity index (χ0n) is 16.3. The highest BCUT2D eigenvalue weighted by Crippen LogP contribution is 2.46. The highest BCUT2D eigenvalue weighted by Gasteiger charge is 2.49. The number of hydrogen-bond acceptors (Lipinski definition) is 2. The summed E-state index contributed by atoms with van der Waals surface area (Å²) in [6.45, 7) is 12.5. The number of rotatable bonds is 3. The van der Waals surface area contributed by atoms with Crippen molar-refractivity contribution in [2.24, 2.45) is 11.8 Å². The van der Waals surface area contributed by atoms with Crippen LogP contribution in [0.25, 0.3) is 0 Å². The molecule has 0 bridgehead atoms. The van der Waals surface area contributed by atoms with E-state index in [9.17, 15) is 0 Å². The van der Waals surface area contributed by atoms with Gasteiger partial charge in [-0.25, -0.2) is 0 Å². The lowest BCUT2D eigenvalue weighted by Crippen LogP contribution is -2.63. The van der Waals surface area contributed by atoms with E-state index < -0.39 is 0 Å². The molecule has 1 aromatic rings. The van der Waals surface area contributed by atoms with Crippen LogP contribution in [0.1, 0.15) is 59.4 Å². The summed E-state index contributed by atoms with van der Waals surface area (Å²) in [4.78, 5) is 2.57. The maximum atomic E-state index is 6.67. The Labute approximate surface area is 161 Å². The van der Waals surface area contributed by atoms with Crippen LogP contribution in [-0.2, 0) is 11.3 Å². The first kappa shape index (κ1) is 19.1. The average molecular weight is 406 g/mol. The Balaban J connectivity index is 1.94. The van der Waals surface area contributed by atoms with Crippen LogP contribution in [0.5, 0.6) is 0 Å². The number of hydrogen-bond donors (Lipinski definition) is 0. The molecule has 138 valence electrons. The molecule has 1 heterocycles. The van der Waals surface area contributed by atoms with Crippen LogP contribution in [-0.4, -0.2) is 22.8 Å². The minimum atomic E-state index is 0.0543. The summed E-state index contributed by atoms with van der Waals surface area (Å²) in [6, 6.07) is 8.55. The van der Waals surface area contributed by atoms with E-state index in [-0.39, 0.29) is 11.8 Å². The molecule has 3 rings (SSSR count). The molecule has 0 N–H and O–H groups in total. The highest BCUT2D eigenvalue weighted by atomic mass is 79.9. The molecule has 25 heavy (non-hydrogen) atoms. The maximum absolute atomic E-state index is 6.67. The molecule has 3 heteroatoms. The monoisotopic (exact) mass is 405 g/mol. The molecular formula is C22H32BrNO. The van der Waals surface area contributed by atoms with Gasteiger partial charge in [0.2, 0.25) is 0 Å². The third kappa shape index (κ3) is 4.04. The van der Waals surface area contributed by atoms with E-state index in [2.05, 4.69) is 85.8 Å². The van der Waals surface area contributed by atoms with Crippen molar-refractivity contribution in [3.63, 3.8) is 0 Å². The quantitative estimate of drug-likeness (QED) is 0.558. The molecule has 2 fully saturated rings. The van der Waals surface area contributed by atoms with Crippen molar-refractivity contribution in [1.82, 2.24) is 4.90 Å². The first-order valence-electron chi connectivity index (χ1n) is 9.59. The minimum Gasteiger partial charge on any atom is -0.356 e. The van der Waals surface area contributed by atoms with Crippen LogP contribution in [0.3, 0.4) is 0 Å². The lowest BCUT2D eigenvalue weighted by molar-refractivity contribution is -0.219. The second-order valence-electron chi connectivity index (χ2n) is 8.71. The Morgan fingerprint density at radius 1 is 1.28 bits per heavy atom. The second-order valence-corrected chi connectivity index (χ2v) is 9.56. The van der Waals surface area contributed by atoms with Gasteiger partial charge in [0.25, 0.3) is 0 Å². The number of nitrogens with zero attached hydrogens (tertiary/aromatic N) is 1. The van der Waals surface area contributed by atoms with Crippen LogP contribution in [0, 0.1) is 11.8 Å². The van der Waals surface area contributed by atoms with E-state index in [4.69, 9.17) is 4.74 Å². The predicted molar refractivity (Wildman–Crippen MR) is 108 cm³/mol. The summed E-state index contributed by atoms with van der Waals surface area (Å²) in [5, 5.41) is 0. The molecule has 2 nitrogen and oxygen atoms in total. The zero-order chi connectivity index (χ0) is 18.2. The molecule has 1 aromatic carbocycles. The molecule has 0 radical (unpaired) electrons. The van der Waals surface area contributed by atoms with E-state index in [0.29, 0.717) is 12.0 Å². The largest absolute Gasteiger partial charge is 0.356 e. The van der Waals surface area contributed by atoms with E-state index >= 15 is 0 Å². The van der Waals surface area contributed by atoms with Crippen molar-refractivity contribution in [3.8, 4) is 0 Å². The molecule has 0 spiro atoms. The summed E-state index contributed by atoms with van der Waals surface area (Å²) in [7, 11) is 0. The Morgan fingerprint density at radius 2 is 2.00 bits per heavy atom. The molecule has 1 saturated heterocycles. The molecule has 1 saturated carbocycles. The fourth-order valence-electron chi connectivity index (χ4n) is 4.60. The molecule has 4 atom stereocenters. The average Bonchev–Trinajstić information content (AvgIpc) is 2.51. The van der Waals surface area contributed by atoms with Gasteiger partial charge >= 0.3 is 0 Å². The predicted octanol–water partition coefficient (Wildman–Crippen LogP) is 6.16. The number of allylic oxidation sites excluding steroid dienone is 1. The topological polar surface area (TPSA) is 12.5 Å². The van der Waals surface area contributed by atoms with Gasteiger partial charge in [-0.05, 0) is 64.2 Å². The molecule has 1 aliphatic heterocycles. The molecule has 1 aliphatic carbocycles. The summed E-state index contributed by atoms with van der Waals surface area (Å²) < 4.78 is 7.85. The minimum absolute atomic E-state index is 0.0543. The van der Waals surface area contributed by atoms with Gasteiger partial charge in [-0.3, -0.25) is 4.90 Å². The molecule has 2 aliphatic rings. The van der Waals surface area contributed by atoms with Gasteiger partial charge in [0.1, 0.15) is 6.23 Å². The van der Waals surface area contributed by atoms with E-state index in [0.717, 1.165) is 12.5 Å². The zero-order valence-corrected chi connectivity index (χ0v) is 17.8. The Hall–Kier alpha value is -0.640. The van der Waals surface area contributed by atoms with Crippen LogP contribution in [0.2, 0.25) is 0 Å². The Bertz CT molecular complexity index is 635. The van der Waals surface area contributed by atoms with Crippen LogP contribution < -0.4 is 0 Å². The fourth-order valence-corrected chi connectivity index (χ4v) is 5.01. The van der Waals surface area contributed by atoms with E-state index in [1.165, 1.54) is 34.9 Å². The smallest absolute Gasteiger partial charge is 0.131 e. The third-order valence-corrected chi connectivity index (χ3v) is 6.87. The van der Waals surface area contributed by atoms with Crippen LogP contribution in [0.4, 0.5) is 0 Å². The molecule has 0 aromatic heterocycles. The van der Waals surface area contributed by atoms with Crippen molar-refractivity contribution in [2.45, 2.75) is 78.3 Å². The standard InChI is InChI=1S/C22H32BrNO/c1-15(2)12-21-24(14-17-8-6-7-9-19(17)23)22(4,5)18-11-10-16(3)13-20(18)25-21/h6-9,12,16,18,20-21H,10-11,13-14H2,1-5H3/t16-,18-,20-,21+/m1/s1. The van der Waals surface area contributed by atoms with Gasteiger partial charge in [-0.1, -0.05) is 53.0 Å². The van der Waals surface area contributed by atoms with Gasteiger partial charge < -0.3 is 4.74 Å². The summed E-state index contributed by atoms with van der Waals surface area (Å²) >= 11 is 3.73. The molecule has 0 amide bonds. The van der Waals surface area contributed by atoms with Crippen molar-refractivity contribution in [1.29, 1.82) is 0 Å². The van der Waals surface area contributed by atoms with E-state index in [1.807, 2.05) is 0 Å². The molecule has 0 unspecified atom stereocenters. The number of ether oxygens (including phenoxy) is 1. The van der Waals surface area contributed by atoms with Gasteiger partial charge in [0.15, 0.2) is 0 Å². The van der Waals surface area contributed by atoms with E-state index in [1.54, 1.807) is 0 Å². The maximum Gasteiger partial charge on any atom is 0.131 e. The van der Waals surface area contributed by atoms with Crippen molar-refractivity contribution in [2.75, 3.05) is 0 Å². The lowest BCUT2D eigenvalue weighted by Gasteiger charge is -2.57. The summed E-state index contributed by atoms with van der Waals surface area (Å²) in [6.07, 6.45) is 6.53. The van der Waals surface area contributed by atoms with Gasteiger partial charge in [-0.2, -0.15) is 0 Å². The van der Waals surface area contributed by atoms with Crippen molar-refractivity contribution < 1.29 is 4.74 Å². The van der Waals surface area contributed by atoms with Gasteiger partial charge in [0, 0.05) is 22.5 Å². The number of benzene rings is 1. The van der Waals surface area contributed by atoms with Gasteiger partial charge in [0.05, 0.1) is 6.10 Å². The lowest BCUT2D eigenvalue weighted by atomic mass is 9.69. The van der Waals surface area contributed by atoms with Gasteiger partial charge in [-0.15, -0.1) is 0 Å². The van der Waals surface area contributed by atoms with Crippen molar-refractivity contribution in [3.05, 3.63) is 46.0 Å². The Morgan fingerprint density at radius 3 is 2.68 bits per heavy atom. The SMILES string of the molecule is CC(C)=C[C@@H]1O[C@@H]2C[C@H](C)CC[C@H]2C(C)(C)N1Cc1ccccc1Br. The summed E-state index contributed by atoms with van der Waals surface area (Å²) in [5.41, 5.74) is 2.77. The Kier molecular flexibility index (Phi) is 5.77. The highest BCUT2D eigenvalue weighted by molar-refractivity contribution is 9.10. The summed E-state index contributed by atoms with van der Waals surface area (Å²) in [5.74, 6) is 1.38. The number of halogens is 1. The third-order valence-electron chi connectivity index (χ3n) is 6.10. The second kappa shape index (κ2) is 7.54. The normalized spacial score (nSPS) is 32.1. The first-order chi connectivity index (χ1) is 11.8. The number of fused-ring (bicyclic) bond motifs is 1. The van der Waals surface area contributed by atoms with Crippen LogP contribution in [0.15, 0.2) is 40.4 Å². The fraction of sp³-hybridized carbons (Fsp3) is 0.636. The first-order valence-corrected chi connectivity index (χ1v) is 10.4. The molecular weight excluding hydrogens is 374 g/mol.